The Kier molecular flexibility index (Phi) is 4.72. The summed E-state index contributed by atoms with van der Waals surface area (Å²) in [5, 5.41) is 6.39. The fourth-order valence-electron chi connectivity index (χ4n) is 3.30. The first-order valence-corrected chi connectivity index (χ1v) is 12.4. The number of anilines is 3. The standard InChI is InChI=1S/C19H15N5O4S3/c1-10(25)20-12-3-4-13-15(9-12)29-18(21-13)22-17(26)11-2-5-14-16(8-11)30-19-23-31(27,28)7-6-24(14)19/h2-5,8-9H,6-7H2,1H3,(H,20,25)(H,21,22,26). The van der Waals surface area contributed by atoms with Gasteiger partial charge in [-0.05, 0) is 48.2 Å². The second-order valence-corrected chi connectivity index (χ2v) is 10.7. The molecule has 9 nitrogen and oxygen atoms in total. The maximum absolute atomic E-state index is 12.8. The second-order valence-electron chi connectivity index (χ2n) is 6.93. The van der Waals surface area contributed by atoms with Crippen LogP contribution < -0.4 is 15.5 Å². The molecule has 2 N–H and O–H groups in total. The van der Waals surface area contributed by atoms with Crippen molar-refractivity contribution >= 4 is 76.8 Å². The Morgan fingerprint density at radius 3 is 2.77 bits per heavy atom. The molecule has 0 saturated heterocycles. The van der Waals surface area contributed by atoms with Gasteiger partial charge in [0.1, 0.15) is 0 Å². The zero-order valence-corrected chi connectivity index (χ0v) is 18.5. The Hall–Kier alpha value is -2.96. The lowest BCUT2D eigenvalue weighted by Gasteiger charge is -2.22. The Morgan fingerprint density at radius 1 is 1.13 bits per heavy atom. The minimum absolute atomic E-state index is 0.0278. The van der Waals surface area contributed by atoms with Crippen molar-refractivity contribution in [3.63, 3.8) is 0 Å². The number of sulfonamides is 1. The lowest BCUT2D eigenvalue weighted by molar-refractivity contribution is -0.114. The van der Waals surface area contributed by atoms with Crippen LogP contribution in [0.25, 0.3) is 10.2 Å². The van der Waals surface area contributed by atoms with E-state index in [0.717, 1.165) is 20.8 Å². The van der Waals surface area contributed by atoms with Crippen molar-refractivity contribution in [2.75, 3.05) is 27.8 Å². The number of nitrogens with one attached hydrogen (secondary N) is 2. The SMILES string of the molecule is CC(=O)Nc1ccc2nc(NC(=O)c3ccc4c(c3)SC3=NS(=O)(=O)CCN34)sc2c1. The molecule has 2 aromatic carbocycles. The smallest absolute Gasteiger partial charge is 0.257 e. The molecule has 0 radical (unpaired) electrons. The van der Waals surface area contributed by atoms with Gasteiger partial charge in [-0.1, -0.05) is 11.3 Å². The predicted molar refractivity (Wildman–Crippen MR) is 123 cm³/mol. The van der Waals surface area contributed by atoms with Crippen LogP contribution in [0.2, 0.25) is 0 Å². The first-order chi connectivity index (χ1) is 14.8. The van der Waals surface area contributed by atoms with Crippen LogP contribution in [0.1, 0.15) is 17.3 Å². The fraction of sp³-hybridized carbons (Fsp3) is 0.158. The number of amides is 2. The fourth-order valence-corrected chi connectivity index (χ4v) is 6.50. The molecule has 0 unspecified atom stereocenters. The molecule has 31 heavy (non-hydrogen) atoms. The average Bonchev–Trinajstić information content (AvgIpc) is 3.25. The first-order valence-electron chi connectivity index (χ1n) is 9.19. The summed E-state index contributed by atoms with van der Waals surface area (Å²) in [4.78, 5) is 31.1. The third-order valence-corrected chi connectivity index (χ3v) is 7.90. The third kappa shape index (κ3) is 3.89. The molecule has 158 valence electrons. The molecule has 2 aliphatic rings. The highest BCUT2D eigenvalue weighted by atomic mass is 32.2. The maximum atomic E-state index is 12.8. The van der Waals surface area contributed by atoms with Gasteiger partial charge >= 0.3 is 0 Å². The van der Waals surface area contributed by atoms with Gasteiger partial charge in [0.05, 0.1) is 21.7 Å². The van der Waals surface area contributed by atoms with Crippen molar-refractivity contribution in [1.82, 2.24) is 4.98 Å². The number of hydrogen-bond acceptors (Lipinski definition) is 8. The molecule has 3 aromatic rings. The van der Waals surface area contributed by atoms with Gasteiger partial charge in [-0.15, -0.1) is 4.40 Å². The van der Waals surface area contributed by atoms with Crippen molar-refractivity contribution in [3.05, 3.63) is 42.0 Å². The predicted octanol–water partition coefficient (Wildman–Crippen LogP) is 3.12. The molecule has 2 aliphatic heterocycles. The van der Waals surface area contributed by atoms with Crippen LogP contribution in [-0.4, -0.2) is 42.7 Å². The summed E-state index contributed by atoms with van der Waals surface area (Å²) in [7, 11) is -3.43. The minimum atomic E-state index is -3.43. The summed E-state index contributed by atoms with van der Waals surface area (Å²) in [6.45, 7) is 1.79. The average molecular weight is 474 g/mol. The number of nitrogens with zero attached hydrogens (tertiary/aromatic N) is 3. The third-order valence-electron chi connectivity index (χ3n) is 4.66. The van der Waals surface area contributed by atoms with Crippen LogP contribution in [0.15, 0.2) is 45.7 Å². The monoisotopic (exact) mass is 473 g/mol. The number of fused-ring (bicyclic) bond motifs is 4. The van der Waals surface area contributed by atoms with E-state index in [4.69, 9.17) is 0 Å². The van der Waals surface area contributed by atoms with Gasteiger partial charge in [0, 0.05) is 29.6 Å². The van der Waals surface area contributed by atoms with Gasteiger partial charge in [-0.3, -0.25) is 14.9 Å². The van der Waals surface area contributed by atoms with Crippen LogP contribution >= 0.6 is 23.1 Å². The summed E-state index contributed by atoms with van der Waals surface area (Å²) in [6, 6.07) is 10.6. The van der Waals surface area contributed by atoms with Crippen LogP contribution in [-0.2, 0) is 14.8 Å². The van der Waals surface area contributed by atoms with E-state index >= 15 is 0 Å². The molecular formula is C19H15N5O4S3. The van der Waals surface area contributed by atoms with Crippen LogP contribution in [0.3, 0.4) is 0 Å². The molecule has 1 aromatic heterocycles. The Balaban J connectivity index is 1.37. The van der Waals surface area contributed by atoms with Gasteiger partial charge in [0.2, 0.25) is 5.91 Å². The van der Waals surface area contributed by atoms with Crippen molar-refractivity contribution in [1.29, 1.82) is 0 Å². The second kappa shape index (κ2) is 7.32. The van der Waals surface area contributed by atoms with E-state index in [1.54, 1.807) is 36.4 Å². The van der Waals surface area contributed by atoms with Crippen molar-refractivity contribution < 1.29 is 18.0 Å². The van der Waals surface area contributed by atoms with Gasteiger partial charge in [0.25, 0.3) is 15.9 Å². The molecule has 5 rings (SSSR count). The van der Waals surface area contributed by atoms with E-state index < -0.39 is 10.0 Å². The molecule has 3 heterocycles. The summed E-state index contributed by atoms with van der Waals surface area (Å²) < 4.78 is 28.2. The lowest BCUT2D eigenvalue weighted by atomic mass is 10.2. The zero-order valence-electron chi connectivity index (χ0n) is 16.1. The number of thioether (sulfide) groups is 1. The molecule has 0 saturated carbocycles. The number of hydrogen-bond donors (Lipinski definition) is 2. The number of rotatable bonds is 3. The van der Waals surface area contributed by atoms with Crippen molar-refractivity contribution in [2.45, 2.75) is 11.8 Å². The Labute approximate surface area is 185 Å². The van der Waals surface area contributed by atoms with Gasteiger partial charge in [0.15, 0.2) is 10.3 Å². The summed E-state index contributed by atoms with van der Waals surface area (Å²) in [6.07, 6.45) is 0. The number of carbonyl (C=O) groups excluding carboxylic acids is 2. The number of carbonyl (C=O) groups is 2. The molecule has 0 aliphatic carbocycles. The van der Waals surface area contributed by atoms with Crippen molar-refractivity contribution in [3.8, 4) is 0 Å². The molecule has 0 spiro atoms. The van der Waals surface area contributed by atoms with E-state index in [-0.39, 0.29) is 17.6 Å². The van der Waals surface area contributed by atoms with Gasteiger partial charge < -0.3 is 10.2 Å². The maximum Gasteiger partial charge on any atom is 0.257 e. The zero-order chi connectivity index (χ0) is 21.8. The molecule has 2 amide bonds. The van der Waals surface area contributed by atoms with E-state index in [0.29, 0.717) is 28.1 Å². The summed E-state index contributed by atoms with van der Waals surface area (Å²) >= 11 is 2.55. The molecular weight excluding hydrogens is 458 g/mol. The Bertz CT molecular complexity index is 1400. The number of thiazole rings is 1. The highest BCUT2D eigenvalue weighted by molar-refractivity contribution is 8.15. The topological polar surface area (TPSA) is 121 Å². The number of aromatic nitrogens is 1. The molecule has 0 bridgehead atoms. The van der Waals surface area contributed by atoms with Crippen LogP contribution in [0.4, 0.5) is 16.5 Å². The van der Waals surface area contributed by atoms with Crippen LogP contribution in [0.5, 0.6) is 0 Å². The minimum Gasteiger partial charge on any atom is -0.326 e. The van der Waals surface area contributed by atoms with E-state index in [9.17, 15) is 18.0 Å². The quantitative estimate of drug-likeness (QED) is 0.599. The van der Waals surface area contributed by atoms with Gasteiger partial charge in [-0.25, -0.2) is 13.4 Å². The van der Waals surface area contributed by atoms with Crippen LogP contribution in [0, 0.1) is 0 Å². The van der Waals surface area contributed by atoms with Crippen molar-refractivity contribution in [2.24, 2.45) is 4.40 Å². The number of benzene rings is 2. The lowest BCUT2D eigenvalue weighted by Crippen LogP contribution is -2.35. The molecule has 0 atom stereocenters. The molecule has 0 fully saturated rings. The summed E-state index contributed by atoms with van der Waals surface area (Å²) in [5.41, 5.74) is 2.67. The largest absolute Gasteiger partial charge is 0.326 e. The highest BCUT2D eigenvalue weighted by Gasteiger charge is 2.33. The van der Waals surface area contributed by atoms with E-state index in [1.165, 1.54) is 30.0 Å². The number of amidine groups is 1. The van der Waals surface area contributed by atoms with Gasteiger partial charge in [-0.2, -0.15) is 0 Å². The molecule has 12 heteroatoms. The summed E-state index contributed by atoms with van der Waals surface area (Å²) in [5.74, 6) is -0.504. The normalized spacial score (nSPS) is 16.4. The first kappa shape index (κ1) is 20.0. The Morgan fingerprint density at radius 2 is 1.97 bits per heavy atom. The van der Waals surface area contributed by atoms with E-state index in [1.807, 2.05) is 4.90 Å². The highest BCUT2D eigenvalue weighted by Crippen LogP contribution is 2.42. The van der Waals surface area contributed by atoms with E-state index in [2.05, 4.69) is 20.0 Å².